The van der Waals surface area contributed by atoms with Crippen molar-refractivity contribution in [2.24, 2.45) is 17.6 Å². The average molecular weight is 274 g/mol. The maximum Gasteiger partial charge on any atom is 0.0350 e. The molecule has 1 heterocycles. The Morgan fingerprint density at radius 2 is 1.95 bits per heavy atom. The Morgan fingerprint density at radius 3 is 2.55 bits per heavy atom. The van der Waals surface area contributed by atoms with Crippen molar-refractivity contribution >= 4 is 0 Å². The summed E-state index contributed by atoms with van der Waals surface area (Å²) in [6.07, 6.45) is 3.57. The lowest BCUT2D eigenvalue weighted by Gasteiger charge is -2.41. The Labute approximate surface area is 124 Å². The summed E-state index contributed by atoms with van der Waals surface area (Å²) >= 11 is 0. The van der Waals surface area contributed by atoms with Gasteiger partial charge in [-0.25, -0.2) is 0 Å². The minimum Gasteiger partial charge on any atom is -0.327 e. The van der Waals surface area contributed by atoms with E-state index in [-0.39, 0.29) is 0 Å². The number of benzene rings is 1. The molecule has 1 saturated heterocycles. The van der Waals surface area contributed by atoms with E-state index in [0.29, 0.717) is 18.0 Å². The van der Waals surface area contributed by atoms with Crippen LogP contribution in [0.4, 0.5) is 0 Å². The third-order valence-corrected chi connectivity index (χ3v) is 4.67. The van der Waals surface area contributed by atoms with E-state index in [4.69, 9.17) is 5.73 Å². The van der Waals surface area contributed by atoms with E-state index in [1.54, 1.807) is 0 Å². The molecule has 0 amide bonds. The molecule has 20 heavy (non-hydrogen) atoms. The molecule has 0 bridgehead atoms. The predicted molar refractivity (Wildman–Crippen MR) is 86.6 cm³/mol. The summed E-state index contributed by atoms with van der Waals surface area (Å²) in [5, 5.41) is 0. The molecule has 3 atom stereocenters. The summed E-state index contributed by atoms with van der Waals surface area (Å²) in [6.45, 7) is 9.22. The summed E-state index contributed by atoms with van der Waals surface area (Å²) in [4.78, 5) is 2.67. The molecule has 2 rings (SSSR count). The van der Waals surface area contributed by atoms with Crippen molar-refractivity contribution in [2.75, 3.05) is 13.1 Å². The number of nitrogens with zero attached hydrogens (tertiary/aromatic N) is 1. The molecular formula is C18H30N2. The van der Waals surface area contributed by atoms with E-state index in [9.17, 15) is 0 Å². The van der Waals surface area contributed by atoms with Gasteiger partial charge in [-0.1, -0.05) is 57.5 Å². The Kier molecular flexibility index (Phi) is 5.62. The van der Waals surface area contributed by atoms with Crippen LogP contribution in [0.1, 0.15) is 51.6 Å². The van der Waals surface area contributed by atoms with Crippen LogP contribution in [-0.4, -0.2) is 24.0 Å². The van der Waals surface area contributed by atoms with Gasteiger partial charge in [-0.15, -0.1) is 0 Å². The highest BCUT2D eigenvalue weighted by Gasteiger charge is 2.30. The van der Waals surface area contributed by atoms with Gasteiger partial charge in [-0.05, 0) is 30.2 Å². The molecule has 1 aromatic rings. The smallest absolute Gasteiger partial charge is 0.0350 e. The standard InChI is InChI=1S/C18H30N2/c1-4-15-13-20(11-10-17(15)19)18(12-14(2)3)16-8-6-5-7-9-16/h5-9,14-15,17-18H,4,10-13,19H2,1-3H3. The first-order valence-corrected chi connectivity index (χ1v) is 8.16. The Balaban J connectivity index is 2.15. The molecule has 0 aromatic heterocycles. The van der Waals surface area contributed by atoms with Crippen LogP contribution in [0.25, 0.3) is 0 Å². The van der Waals surface area contributed by atoms with Gasteiger partial charge in [-0.2, -0.15) is 0 Å². The fourth-order valence-electron chi connectivity index (χ4n) is 3.41. The van der Waals surface area contributed by atoms with Gasteiger partial charge in [0.15, 0.2) is 0 Å². The second kappa shape index (κ2) is 7.24. The van der Waals surface area contributed by atoms with E-state index in [2.05, 4.69) is 56.0 Å². The largest absolute Gasteiger partial charge is 0.327 e. The molecule has 0 spiro atoms. The third-order valence-electron chi connectivity index (χ3n) is 4.67. The monoisotopic (exact) mass is 274 g/mol. The number of hydrogen-bond acceptors (Lipinski definition) is 2. The number of hydrogen-bond donors (Lipinski definition) is 1. The summed E-state index contributed by atoms with van der Waals surface area (Å²) < 4.78 is 0. The first-order valence-electron chi connectivity index (χ1n) is 8.16. The van der Waals surface area contributed by atoms with Crippen LogP contribution in [-0.2, 0) is 0 Å². The normalized spacial score (nSPS) is 25.9. The van der Waals surface area contributed by atoms with E-state index in [1.807, 2.05) is 0 Å². The van der Waals surface area contributed by atoms with Crippen LogP contribution < -0.4 is 5.73 Å². The molecule has 2 heteroatoms. The molecule has 1 aliphatic heterocycles. The second-order valence-corrected chi connectivity index (χ2v) is 6.67. The number of piperidine rings is 1. The number of likely N-dealkylation sites (tertiary alicyclic amines) is 1. The quantitative estimate of drug-likeness (QED) is 0.884. The maximum atomic E-state index is 6.27. The van der Waals surface area contributed by atoms with Crippen molar-refractivity contribution in [1.29, 1.82) is 0 Å². The fourth-order valence-corrected chi connectivity index (χ4v) is 3.41. The van der Waals surface area contributed by atoms with E-state index < -0.39 is 0 Å². The molecule has 2 N–H and O–H groups in total. The van der Waals surface area contributed by atoms with Crippen LogP contribution in [0, 0.1) is 11.8 Å². The third kappa shape index (κ3) is 3.83. The topological polar surface area (TPSA) is 29.3 Å². The van der Waals surface area contributed by atoms with Crippen LogP contribution in [0.5, 0.6) is 0 Å². The Bertz CT molecular complexity index is 388. The molecule has 3 unspecified atom stereocenters. The zero-order valence-electron chi connectivity index (χ0n) is 13.3. The Hall–Kier alpha value is -0.860. The second-order valence-electron chi connectivity index (χ2n) is 6.67. The van der Waals surface area contributed by atoms with Crippen LogP contribution in [0.2, 0.25) is 0 Å². The SMILES string of the molecule is CCC1CN(C(CC(C)C)c2ccccc2)CCC1N. The lowest BCUT2D eigenvalue weighted by atomic mass is 9.87. The molecule has 1 fully saturated rings. The predicted octanol–water partition coefficient (Wildman–Crippen LogP) is 3.83. The average Bonchev–Trinajstić information content (AvgIpc) is 2.46. The number of nitrogens with two attached hydrogens (primary N) is 1. The van der Waals surface area contributed by atoms with Gasteiger partial charge in [0, 0.05) is 25.2 Å². The van der Waals surface area contributed by atoms with Gasteiger partial charge >= 0.3 is 0 Å². The summed E-state index contributed by atoms with van der Waals surface area (Å²) in [7, 11) is 0. The first kappa shape index (κ1) is 15.5. The highest BCUT2D eigenvalue weighted by Crippen LogP contribution is 2.32. The zero-order valence-corrected chi connectivity index (χ0v) is 13.3. The summed E-state index contributed by atoms with van der Waals surface area (Å²) in [6, 6.07) is 11.9. The van der Waals surface area contributed by atoms with Crippen molar-refractivity contribution in [3.63, 3.8) is 0 Å². The maximum absolute atomic E-state index is 6.27. The minimum absolute atomic E-state index is 0.395. The van der Waals surface area contributed by atoms with E-state index in [0.717, 1.165) is 25.4 Å². The molecular weight excluding hydrogens is 244 g/mol. The molecule has 1 aliphatic rings. The lowest BCUT2D eigenvalue weighted by Crippen LogP contribution is -2.48. The molecule has 0 radical (unpaired) electrons. The van der Waals surface area contributed by atoms with Gasteiger partial charge in [0.2, 0.25) is 0 Å². The number of rotatable bonds is 5. The molecule has 0 aliphatic carbocycles. The molecule has 112 valence electrons. The van der Waals surface area contributed by atoms with Gasteiger partial charge in [0.1, 0.15) is 0 Å². The van der Waals surface area contributed by atoms with Crippen LogP contribution in [0.15, 0.2) is 30.3 Å². The van der Waals surface area contributed by atoms with E-state index >= 15 is 0 Å². The molecule has 2 nitrogen and oxygen atoms in total. The van der Waals surface area contributed by atoms with Crippen molar-refractivity contribution in [2.45, 2.75) is 52.1 Å². The summed E-state index contributed by atoms with van der Waals surface area (Å²) in [5.41, 5.74) is 7.73. The van der Waals surface area contributed by atoms with Crippen molar-refractivity contribution < 1.29 is 0 Å². The van der Waals surface area contributed by atoms with Gasteiger partial charge in [0.05, 0.1) is 0 Å². The lowest BCUT2D eigenvalue weighted by molar-refractivity contribution is 0.0945. The summed E-state index contributed by atoms with van der Waals surface area (Å²) in [5.74, 6) is 1.37. The first-order chi connectivity index (χ1) is 9.61. The van der Waals surface area contributed by atoms with Gasteiger partial charge < -0.3 is 5.73 Å². The van der Waals surface area contributed by atoms with Crippen LogP contribution in [0.3, 0.4) is 0 Å². The molecule has 0 saturated carbocycles. The zero-order chi connectivity index (χ0) is 14.5. The highest BCUT2D eigenvalue weighted by atomic mass is 15.2. The van der Waals surface area contributed by atoms with Crippen molar-refractivity contribution in [3.8, 4) is 0 Å². The van der Waals surface area contributed by atoms with Crippen LogP contribution >= 0.6 is 0 Å². The Morgan fingerprint density at radius 1 is 1.25 bits per heavy atom. The van der Waals surface area contributed by atoms with Gasteiger partial charge in [-0.3, -0.25) is 4.90 Å². The van der Waals surface area contributed by atoms with Gasteiger partial charge in [0.25, 0.3) is 0 Å². The molecule has 1 aromatic carbocycles. The fraction of sp³-hybridized carbons (Fsp3) is 0.667. The van der Waals surface area contributed by atoms with Crippen molar-refractivity contribution in [1.82, 2.24) is 4.90 Å². The van der Waals surface area contributed by atoms with E-state index in [1.165, 1.54) is 18.4 Å². The minimum atomic E-state index is 0.395. The highest BCUT2D eigenvalue weighted by molar-refractivity contribution is 5.19. The van der Waals surface area contributed by atoms with Crippen molar-refractivity contribution in [3.05, 3.63) is 35.9 Å².